The summed E-state index contributed by atoms with van der Waals surface area (Å²) in [4.78, 5) is 12.2. The molecule has 2 aromatic rings. The molecule has 2 rings (SSSR count). The molecule has 0 fully saturated rings. The van der Waals surface area contributed by atoms with Gasteiger partial charge >= 0.3 is 0 Å². The van der Waals surface area contributed by atoms with Crippen molar-refractivity contribution in [2.24, 2.45) is 0 Å². The van der Waals surface area contributed by atoms with Crippen LogP contribution >= 0.6 is 39.1 Å². The van der Waals surface area contributed by atoms with E-state index in [1.165, 1.54) is 24.3 Å². The maximum absolute atomic E-state index is 12.2. The lowest BCUT2D eigenvalue weighted by Crippen LogP contribution is -2.01. The van der Waals surface area contributed by atoms with Gasteiger partial charge in [0.1, 0.15) is 5.75 Å². The average molecular weight is 346 g/mol. The summed E-state index contributed by atoms with van der Waals surface area (Å²) in [6.45, 7) is 0. The maximum Gasteiger partial charge on any atom is 0.196 e. The summed E-state index contributed by atoms with van der Waals surface area (Å²) in [7, 11) is 0. The second-order valence-corrected chi connectivity index (χ2v) is 5.44. The minimum atomic E-state index is -0.335. The molecule has 0 spiro atoms. The van der Waals surface area contributed by atoms with Crippen molar-refractivity contribution >= 4 is 44.9 Å². The minimum Gasteiger partial charge on any atom is -0.507 e. The van der Waals surface area contributed by atoms with Crippen molar-refractivity contribution in [1.29, 1.82) is 0 Å². The Bertz CT molecular complexity index is 606. The summed E-state index contributed by atoms with van der Waals surface area (Å²) in [5.41, 5.74) is 0.531. The van der Waals surface area contributed by atoms with Gasteiger partial charge in [0.2, 0.25) is 0 Å². The smallest absolute Gasteiger partial charge is 0.196 e. The topological polar surface area (TPSA) is 37.3 Å². The van der Waals surface area contributed by atoms with Gasteiger partial charge < -0.3 is 5.11 Å². The molecule has 0 amide bonds. The number of carbonyl (C=O) groups excluding carboxylic acids is 1. The number of ketones is 1. The molecule has 92 valence electrons. The first-order valence-electron chi connectivity index (χ1n) is 4.96. The van der Waals surface area contributed by atoms with Gasteiger partial charge in [-0.25, -0.2) is 0 Å². The standard InChI is InChI=1S/C13H7BrCl2O2/c14-8-3-7(4-10(16)5-8)13(18)11-6-9(15)1-2-12(11)17/h1-6,17H. The Labute approximate surface area is 122 Å². The largest absolute Gasteiger partial charge is 0.507 e. The predicted octanol–water partition coefficient (Wildman–Crippen LogP) is 4.69. The molecule has 2 nitrogen and oxygen atoms in total. The highest BCUT2D eigenvalue weighted by Crippen LogP contribution is 2.27. The van der Waals surface area contributed by atoms with E-state index in [0.717, 1.165) is 0 Å². The van der Waals surface area contributed by atoms with Crippen molar-refractivity contribution in [2.75, 3.05) is 0 Å². The molecule has 0 aliphatic heterocycles. The van der Waals surface area contributed by atoms with Crippen molar-refractivity contribution in [3.8, 4) is 5.75 Å². The van der Waals surface area contributed by atoms with Gasteiger partial charge in [-0.15, -0.1) is 0 Å². The highest BCUT2D eigenvalue weighted by atomic mass is 79.9. The van der Waals surface area contributed by atoms with Gasteiger partial charge in [-0.3, -0.25) is 4.79 Å². The summed E-state index contributed by atoms with van der Waals surface area (Å²) in [5, 5.41) is 10.5. The van der Waals surface area contributed by atoms with Crippen LogP contribution in [0.15, 0.2) is 40.9 Å². The van der Waals surface area contributed by atoms with Crippen LogP contribution in [0.25, 0.3) is 0 Å². The van der Waals surface area contributed by atoms with Crippen molar-refractivity contribution < 1.29 is 9.90 Å². The Hall–Kier alpha value is -1.03. The van der Waals surface area contributed by atoms with Gasteiger partial charge in [0.05, 0.1) is 5.56 Å². The van der Waals surface area contributed by atoms with E-state index in [2.05, 4.69) is 15.9 Å². The molecule has 0 unspecified atom stereocenters. The van der Waals surface area contributed by atoms with Gasteiger partial charge in [0.25, 0.3) is 0 Å². The maximum atomic E-state index is 12.2. The third-order valence-corrected chi connectivity index (χ3v) is 3.24. The second kappa shape index (κ2) is 5.31. The van der Waals surface area contributed by atoms with E-state index in [4.69, 9.17) is 23.2 Å². The zero-order valence-corrected chi connectivity index (χ0v) is 12.1. The Morgan fingerprint density at radius 2 is 1.78 bits per heavy atom. The van der Waals surface area contributed by atoms with E-state index < -0.39 is 0 Å². The SMILES string of the molecule is O=C(c1cc(Cl)cc(Br)c1)c1cc(Cl)ccc1O. The van der Waals surface area contributed by atoms with Crippen LogP contribution in [-0.4, -0.2) is 10.9 Å². The molecular formula is C13H7BrCl2O2. The first-order valence-corrected chi connectivity index (χ1v) is 6.51. The highest BCUT2D eigenvalue weighted by molar-refractivity contribution is 9.10. The third kappa shape index (κ3) is 2.86. The summed E-state index contributed by atoms with van der Waals surface area (Å²) >= 11 is 15.0. The molecular weight excluding hydrogens is 339 g/mol. The van der Waals surface area contributed by atoms with Crippen molar-refractivity contribution in [3.05, 3.63) is 62.0 Å². The molecule has 0 aromatic heterocycles. The Kier molecular flexibility index (Phi) is 3.95. The second-order valence-electron chi connectivity index (χ2n) is 3.65. The Balaban J connectivity index is 2.51. The fourth-order valence-corrected chi connectivity index (χ4v) is 2.56. The summed E-state index contributed by atoms with van der Waals surface area (Å²) in [6.07, 6.45) is 0. The fourth-order valence-electron chi connectivity index (χ4n) is 1.53. The molecule has 18 heavy (non-hydrogen) atoms. The number of rotatable bonds is 2. The predicted molar refractivity (Wildman–Crippen MR) is 75.7 cm³/mol. The highest BCUT2D eigenvalue weighted by Gasteiger charge is 2.15. The van der Waals surface area contributed by atoms with Crippen LogP contribution in [0.2, 0.25) is 10.0 Å². The Morgan fingerprint density at radius 1 is 1.06 bits per heavy atom. The lowest BCUT2D eigenvalue weighted by atomic mass is 10.0. The normalized spacial score (nSPS) is 10.4. The zero-order chi connectivity index (χ0) is 13.3. The van der Waals surface area contributed by atoms with Crippen molar-refractivity contribution in [3.63, 3.8) is 0 Å². The quantitative estimate of drug-likeness (QED) is 0.801. The monoisotopic (exact) mass is 344 g/mol. The van der Waals surface area contributed by atoms with E-state index in [9.17, 15) is 9.90 Å². The fraction of sp³-hybridized carbons (Fsp3) is 0. The first kappa shape index (κ1) is 13.4. The molecule has 0 saturated heterocycles. The lowest BCUT2D eigenvalue weighted by molar-refractivity contribution is 0.103. The van der Waals surface area contributed by atoms with Gasteiger partial charge in [0.15, 0.2) is 5.78 Å². The molecule has 0 aliphatic carbocycles. The van der Waals surface area contributed by atoms with Crippen molar-refractivity contribution in [1.82, 2.24) is 0 Å². The van der Waals surface area contributed by atoms with E-state index in [-0.39, 0.29) is 17.1 Å². The van der Waals surface area contributed by atoms with Crippen LogP contribution in [0.1, 0.15) is 15.9 Å². The van der Waals surface area contributed by atoms with E-state index >= 15 is 0 Å². The van der Waals surface area contributed by atoms with Crippen LogP contribution in [0.3, 0.4) is 0 Å². The zero-order valence-electron chi connectivity index (χ0n) is 8.95. The van der Waals surface area contributed by atoms with Crippen LogP contribution in [0.4, 0.5) is 0 Å². The molecule has 0 saturated carbocycles. The van der Waals surface area contributed by atoms with E-state index in [0.29, 0.717) is 20.1 Å². The average Bonchev–Trinajstić information content (AvgIpc) is 2.30. The lowest BCUT2D eigenvalue weighted by Gasteiger charge is -2.05. The number of halogens is 3. The number of benzene rings is 2. The van der Waals surface area contributed by atoms with Crippen LogP contribution in [-0.2, 0) is 0 Å². The number of carbonyl (C=O) groups is 1. The molecule has 0 aliphatic rings. The molecule has 0 radical (unpaired) electrons. The van der Waals surface area contributed by atoms with Crippen LogP contribution in [0.5, 0.6) is 5.75 Å². The van der Waals surface area contributed by atoms with Crippen LogP contribution in [0, 0.1) is 0 Å². The summed E-state index contributed by atoms with van der Waals surface area (Å²) in [6, 6.07) is 9.17. The van der Waals surface area contributed by atoms with Gasteiger partial charge in [-0.1, -0.05) is 39.1 Å². The minimum absolute atomic E-state index is 0.111. The molecule has 0 bridgehead atoms. The van der Waals surface area contributed by atoms with Crippen molar-refractivity contribution in [2.45, 2.75) is 0 Å². The van der Waals surface area contributed by atoms with Gasteiger partial charge in [0, 0.05) is 20.1 Å². The number of phenols is 1. The molecule has 2 aromatic carbocycles. The molecule has 1 N–H and O–H groups in total. The first-order chi connectivity index (χ1) is 8.47. The number of hydrogen-bond donors (Lipinski definition) is 1. The van der Waals surface area contributed by atoms with Gasteiger partial charge in [-0.05, 0) is 36.4 Å². The van der Waals surface area contributed by atoms with Gasteiger partial charge in [-0.2, -0.15) is 0 Å². The number of phenolic OH excluding ortho intramolecular Hbond substituents is 1. The van der Waals surface area contributed by atoms with E-state index in [1.54, 1.807) is 12.1 Å². The molecule has 0 atom stereocenters. The number of hydrogen-bond acceptors (Lipinski definition) is 2. The summed E-state index contributed by atoms with van der Waals surface area (Å²) < 4.78 is 0.694. The summed E-state index contributed by atoms with van der Waals surface area (Å²) in [5.74, 6) is -0.446. The van der Waals surface area contributed by atoms with Crippen LogP contribution < -0.4 is 0 Å². The third-order valence-electron chi connectivity index (χ3n) is 2.33. The Morgan fingerprint density at radius 3 is 2.44 bits per heavy atom. The number of aromatic hydroxyl groups is 1. The molecule has 5 heteroatoms. The van der Waals surface area contributed by atoms with E-state index in [1.807, 2.05) is 0 Å². The molecule has 0 heterocycles.